The van der Waals surface area contributed by atoms with Crippen LogP contribution in [0.1, 0.15) is 16.1 Å². The highest BCUT2D eigenvalue weighted by Crippen LogP contribution is 2.25. The van der Waals surface area contributed by atoms with Crippen LogP contribution in [0, 0.1) is 23.3 Å². The van der Waals surface area contributed by atoms with Crippen molar-refractivity contribution in [2.75, 3.05) is 5.32 Å². The molecule has 1 aromatic heterocycles. The Labute approximate surface area is 154 Å². The van der Waals surface area contributed by atoms with Gasteiger partial charge >= 0.3 is 0 Å². The van der Waals surface area contributed by atoms with Crippen LogP contribution in [0.25, 0.3) is 11.3 Å². The molecule has 0 spiro atoms. The third-order valence-electron chi connectivity index (χ3n) is 3.75. The number of benzene rings is 2. The van der Waals surface area contributed by atoms with E-state index in [1.165, 1.54) is 18.2 Å². The fourth-order valence-corrected chi connectivity index (χ4v) is 2.53. The first kappa shape index (κ1) is 19.5. The van der Waals surface area contributed by atoms with Crippen LogP contribution < -0.4 is 5.32 Å². The van der Waals surface area contributed by atoms with E-state index in [0.29, 0.717) is 12.1 Å². The monoisotopic (exact) mass is 399 g/mol. The molecule has 4 nitrogen and oxygen atoms in total. The number of aromatic amines is 1. The van der Waals surface area contributed by atoms with E-state index in [2.05, 4.69) is 15.5 Å². The van der Waals surface area contributed by atoms with Crippen LogP contribution in [0.2, 0.25) is 0 Å². The minimum atomic E-state index is -2.61. The standard InChI is InChI=1S/C18H11F6N3O/c19-8-3-13(21)17(14(22)4-8)18(28)25-9-1-2-11(12(20)5-9)15-6-10(26-27-15)7-16(23)24/h1-6,16H,7H2,(H,25,28)(H,26,27). The molecule has 3 rings (SSSR count). The van der Waals surface area contributed by atoms with Crippen LogP contribution in [0.15, 0.2) is 36.4 Å². The molecule has 0 aliphatic carbocycles. The Morgan fingerprint density at radius 2 is 1.68 bits per heavy atom. The lowest BCUT2D eigenvalue weighted by atomic mass is 10.1. The van der Waals surface area contributed by atoms with Crippen LogP contribution >= 0.6 is 0 Å². The number of halogens is 6. The second-order valence-electron chi connectivity index (χ2n) is 5.76. The van der Waals surface area contributed by atoms with Gasteiger partial charge in [0.05, 0.1) is 17.8 Å². The lowest BCUT2D eigenvalue weighted by Gasteiger charge is -2.09. The summed E-state index contributed by atoms with van der Waals surface area (Å²) in [6.45, 7) is 0. The molecule has 0 aliphatic heterocycles. The van der Waals surface area contributed by atoms with Gasteiger partial charge in [-0.15, -0.1) is 0 Å². The minimum Gasteiger partial charge on any atom is -0.322 e. The summed E-state index contributed by atoms with van der Waals surface area (Å²) >= 11 is 0. The van der Waals surface area contributed by atoms with Crippen molar-refractivity contribution in [3.63, 3.8) is 0 Å². The van der Waals surface area contributed by atoms with Gasteiger partial charge in [0.25, 0.3) is 5.91 Å². The van der Waals surface area contributed by atoms with Gasteiger partial charge in [0.15, 0.2) is 0 Å². The van der Waals surface area contributed by atoms with Gasteiger partial charge in [-0.05, 0) is 24.3 Å². The second kappa shape index (κ2) is 7.75. The third kappa shape index (κ3) is 4.16. The van der Waals surface area contributed by atoms with Gasteiger partial charge < -0.3 is 5.32 Å². The maximum Gasteiger partial charge on any atom is 0.261 e. The molecule has 28 heavy (non-hydrogen) atoms. The summed E-state index contributed by atoms with van der Waals surface area (Å²) in [4.78, 5) is 12.0. The van der Waals surface area contributed by atoms with Crippen molar-refractivity contribution in [3.8, 4) is 11.3 Å². The molecule has 1 amide bonds. The lowest BCUT2D eigenvalue weighted by molar-refractivity contribution is 0.101. The van der Waals surface area contributed by atoms with E-state index in [1.54, 1.807) is 0 Å². The molecule has 0 saturated heterocycles. The van der Waals surface area contributed by atoms with Crippen LogP contribution in [0.5, 0.6) is 0 Å². The van der Waals surface area contributed by atoms with Crippen molar-refractivity contribution >= 4 is 11.6 Å². The Hall–Kier alpha value is -3.30. The number of aromatic nitrogens is 2. The smallest absolute Gasteiger partial charge is 0.261 e. The summed E-state index contributed by atoms with van der Waals surface area (Å²) in [6.07, 6.45) is -3.20. The molecule has 0 aliphatic rings. The summed E-state index contributed by atoms with van der Waals surface area (Å²) in [5.74, 6) is -6.08. The van der Waals surface area contributed by atoms with Crippen LogP contribution in [-0.2, 0) is 6.42 Å². The Kier molecular flexibility index (Phi) is 5.39. The molecule has 0 unspecified atom stereocenters. The molecule has 146 valence electrons. The van der Waals surface area contributed by atoms with Gasteiger partial charge in [-0.25, -0.2) is 26.3 Å². The molecule has 0 atom stereocenters. The number of carbonyl (C=O) groups excluding carboxylic acids is 1. The molecule has 0 bridgehead atoms. The number of alkyl halides is 2. The molecule has 0 radical (unpaired) electrons. The number of H-pyrrole nitrogens is 1. The number of rotatable bonds is 5. The molecule has 0 saturated carbocycles. The van der Waals surface area contributed by atoms with Crippen molar-refractivity contribution < 1.29 is 31.1 Å². The highest BCUT2D eigenvalue weighted by Gasteiger charge is 2.20. The fraction of sp³-hybridized carbons (Fsp3) is 0.111. The van der Waals surface area contributed by atoms with Crippen molar-refractivity contribution in [3.05, 3.63) is 70.9 Å². The number of anilines is 1. The molecular formula is C18H11F6N3O. The highest BCUT2D eigenvalue weighted by molar-refractivity contribution is 6.04. The maximum absolute atomic E-state index is 14.3. The second-order valence-corrected chi connectivity index (χ2v) is 5.76. The lowest BCUT2D eigenvalue weighted by Crippen LogP contribution is -2.16. The Bertz CT molecular complexity index is 1010. The summed E-state index contributed by atoms with van der Waals surface area (Å²) < 4.78 is 79.3. The Balaban J connectivity index is 1.81. The highest BCUT2D eigenvalue weighted by atomic mass is 19.3. The first-order chi connectivity index (χ1) is 13.2. The Morgan fingerprint density at radius 3 is 2.29 bits per heavy atom. The van der Waals surface area contributed by atoms with E-state index in [0.717, 1.165) is 6.07 Å². The average molecular weight is 399 g/mol. The van der Waals surface area contributed by atoms with Gasteiger partial charge in [-0.2, -0.15) is 5.10 Å². The molecule has 2 aromatic carbocycles. The quantitative estimate of drug-likeness (QED) is 0.612. The molecular weight excluding hydrogens is 388 g/mol. The van der Waals surface area contributed by atoms with E-state index in [1.807, 2.05) is 0 Å². The minimum absolute atomic E-state index is 0.00911. The maximum atomic E-state index is 14.3. The fourth-order valence-electron chi connectivity index (χ4n) is 2.53. The van der Waals surface area contributed by atoms with E-state index in [4.69, 9.17) is 0 Å². The van der Waals surface area contributed by atoms with Crippen LogP contribution in [0.4, 0.5) is 32.0 Å². The van der Waals surface area contributed by atoms with Crippen molar-refractivity contribution in [2.45, 2.75) is 12.8 Å². The summed E-state index contributed by atoms with van der Waals surface area (Å²) in [5.41, 5.74) is -0.964. The first-order valence-electron chi connectivity index (χ1n) is 7.83. The number of carbonyl (C=O) groups is 1. The summed E-state index contributed by atoms with van der Waals surface area (Å²) in [6, 6.07) is 5.28. The van der Waals surface area contributed by atoms with Crippen LogP contribution in [-0.4, -0.2) is 22.5 Å². The van der Waals surface area contributed by atoms with Crippen molar-refractivity contribution in [2.24, 2.45) is 0 Å². The van der Waals surface area contributed by atoms with Crippen molar-refractivity contribution in [1.29, 1.82) is 0 Å². The predicted octanol–water partition coefficient (Wildman–Crippen LogP) is 4.69. The summed E-state index contributed by atoms with van der Waals surface area (Å²) in [5, 5.41) is 8.19. The topological polar surface area (TPSA) is 57.8 Å². The molecule has 0 fully saturated rings. The zero-order valence-electron chi connectivity index (χ0n) is 13.9. The van der Waals surface area contributed by atoms with Gasteiger partial charge in [0.1, 0.15) is 28.8 Å². The third-order valence-corrected chi connectivity index (χ3v) is 3.75. The van der Waals surface area contributed by atoms with Crippen LogP contribution in [0.3, 0.4) is 0 Å². The van der Waals surface area contributed by atoms with E-state index in [9.17, 15) is 31.1 Å². The molecule has 2 N–H and O–H groups in total. The normalized spacial score (nSPS) is 11.1. The first-order valence-corrected chi connectivity index (χ1v) is 7.83. The average Bonchev–Trinajstić information content (AvgIpc) is 3.01. The largest absolute Gasteiger partial charge is 0.322 e. The number of nitrogens with zero attached hydrogens (tertiary/aromatic N) is 1. The molecule has 10 heteroatoms. The van der Waals surface area contributed by atoms with Gasteiger partial charge in [-0.3, -0.25) is 9.89 Å². The number of amides is 1. The van der Waals surface area contributed by atoms with E-state index in [-0.39, 0.29) is 22.6 Å². The molecule has 1 heterocycles. The van der Waals surface area contributed by atoms with Gasteiger partial charge in [0, 0.05) is 23.4 Å². The van der Waals surface area contributed by atoms with E-state index >= 15 is 0 Å². The van der Waals surface area contributed by atoms with Gasteiger partial charge in [0.2, 0.25) is 6.43 Å². The Morgan fingerprint density at radius 1 is 1.00 bits per heavy atom. The van der Waals surface area contributed by atoms with Gasteiger partial charge in [-0.1, -0.05) is 0 Å². The zero-order valence-corrected chi connectivity index (χ0v) is 13.9. The molecule has 3 aromatic rings. The number of hydrogen-bond acceptors (Lipinski definition) is 2. The SMILES string of the molecule is O=C(Nc1ccc(-c2cc(CC(F)F)n[nH]2)c(F)c1)c1c(F)cc(F)cc1F. The number of nitrogens with one attached hydrogen (secondary N) is 2. The number of hydrogen-bond donors (Lipinski definition) is 2. The summed E-state index contributed by atoms with van der Waals surface area (Å²) in [7, 11) is 0. The predicted molar refractivity (Wildman–Crippen MR) is 88.0 cm³/mol. The van der Waals surface area contributed by atoms with E-state index < -0.39 is 47.6 Å². The zero-order chi connectivity index (χ0) is 20.4. The van der Waals surface area contributed by atoms with Crippen molar-refractivity contribution in [1.82, 2.24) is 10.2 Å².